The molecule has 3 unspecified atom stereocenters. The first-order valence-corrected chi connectivity index (χ1v) is 4.97. The lowest BCUT2D eigenvalue weighted by molar-refractivity contribution is 0.102. The van der Waals surface area contributed by atoms with Gasteiger partial charge in [-0.3, -0.25) is 0 Å². The molecule has 0 aliphatic carbocycles. The summed E-state index contributed by atoms with van der Waals surface area (Å²) in [5.41, 5.74) is 0. The maximum absolute atomic E-state index is 9.65. The van der Waals surface area contributed by atoms with Crippen molar-refractivity contribution < 1.29 is 5.11 Å². The van der Waals surface area contributed by atoms with Gasteiger partial charge in [0.15, 0.2) is 0 Å². The van der Waals surface area contributed by atoms with E-state index in [1.807, 2.05) is 0 Å². The Labute approximate surface area is 73.5 Å². The van der Waals surface area contributed by atoms with Gasteiger partial charge in [0.25, 0.3) is 0 Å². The number of β-amino-alcohol motifs (C(OH)–C–C–N with tert-alkyl or cyclic N) is 1. The summed E-state index contributed by atoms with van der Waals surface area (Å²) >= 11 is 0. The summed E-state index contributed by atoms with van der Waals surface area (Å²) in [5, 5.41) is 16.3. The molecular formula is C9H18N2O. The zero-order chi connectivity index (χ0) is 8.39. The lowest BCUT2D eigenvalue weighted by Crippen LogP contribution is -2.38. The fourth-order valence-electron chi connectivity index (χ4n) is 2.41. The van der Waals surface area contributed by atoms with Crippen LogP contribution in [0.2, 0.25) is 0 Å². The number of hydrogen-bond acceptors (Lipinski definition) is 3. The Morgan fingerprint density at radius 2 is 2.00 bits per heavy atom. The van der Waals surface area contributed by atoms with Crippen LogP contribution in [-0.4, -0.2) is 37.4 Å². The quantitative estimate of drug-likeness (QED) is 0.500. The highest BCUT2D eigenvalue weighted by atomic mass is 16.3. The minimum Gasteiger partial charge on any atom is -0.391 e. The summed E-state index contributed by atoms with van der Waals surface area (Å²) in [6.07, 6.45) is 2.46. The summed E-state index contributed by atoms with van der Waals surface area (Å²) in [4.78, 5) is 0. The summed E-state index contributed by atoms with van der Waals surface area (Å²) in [5.74, 6) is 1.20. The van der Waals surface area contributed by atoms with Crippen molar-refractivity contribution in [3.63, 3.8) is 0 Å². The number of hydrogen-bond donors (Lipinski definition) is 3. The molecule has 2 aliphatic heterocycles. The Morgan fingerprint density at radius 1 is 1.08 bits per heavy atom. The second-order valence-corrected chi connectivity index (χ2v) is 4.00. The predicted molar refractivity (Wildman–Crippen MR) is 48.0 cm³/mol. The highest BCUT2D eigenvalue weighted by molar-refractivity contribution is 4.87. The molecule has 0 aromatic heterocycles. The fourth-order valence-corrected chi connectivity index (χ4v) is 2.41. The molecule has 0 aromatic rings. The van der Waals surface area contributed by atoms with Crippen molar-refractivity contribution in [2.45, 2.75) is 18.9 Å². The van der Waals surface area contributed by atoms with Gasteiger partial charge < -0.3 is 15.7 Å². The standard InChI is InChI=1S/C9H18N2O/c12-9-6-11-5-8(9)7-2-1-3-10-4-7/h7-12H,1-6H2. The molecule has 12 heavy (non-hydrogen) atoms. The molecule has 0 spiro atoms. The van der Waals surface area contributed by atoms with E-state index in [0.29, 0.717) is 11.8 Å². The van der Waals surface area contributed by atoms with Gasteiger partial charge in [0.05, 0.1) is 6.10 Å². The zero-order valence-corrected chi connectivity index (χ0v) is 7.42. The Bertz CT molecular complexity index is 145. The molecule has 2 saturated heterocycles. The van der Waals surface area contributed by atoms with Gasteiger partial charge in [-0.05, 0) is 31.8 Å². The summed E-state index contributed by atoms with van der Waals surface area (Å²) in [6, 6.07) is 0. The van der Waals surface area contributed by atoms with Crippen LogP contribution < -0.4 is 10.6 Å². The molecule has 0 radical (unpaired) electrons. The Balaban J connectivity index is 1.89. The molecule has 0 saturated carbocycles. The smallest absolute Gasteiger partial charge is 0.0707 e. The van der Waals surface area contributed by atoms with Crippen molar-refractivity contribution in [3.8, 4) is 0 Å². The lowest BCUT2D eigenvalue weighted by Gasteiger charge is -2.29. The Kier molecular flexibility index (Phi) is 2.63. The van der Waals surface area contributed by atoms with Gasteiger partial charge in [0.2, 0.25) is 0 Å². The van der Waals surface area contributed by atoms with E-state index in [-0.39, 0.29) is 6.10 Å². The molecule has 0 amide bonds. The third-order valence-corrected chi connectivity index (χ3v) is 3.17. The van der Waals surface area contributed by atoms with E-state index >= 15 is 0 Å². The van der Waals surface area contributed by atoms with Crippen LogP contribution in [-0.2, 0) is 0 Å². The van der Waals surface area contributed by atoms with Crippen LogP contribution in [0.1, 0.15) is 12.8 Å². The summed E-state index contributed by atoms with van der Waals surface area (Å²) in [6.45, 7) is 4.06. The minimum atomic E-state index is -0.102. The number of aliphatic hydroxyl groups excluding tert-OH is 1. The van der Waals surface area contributed by atoms with Crippen molar-refractivity contribution in [2.24, 2.45) is 11.8 Å². The van der Waals surface area contributed by atoms with Crippen molar-refractivity contribution in [1.82, 2.24) is 10.6 Å². The SMILES string of the molecule is OC1CNCC1C1CCCNC1. The van der Waals surface area contributed by atoms with Crippen LogP contribution in [0.25, 0.3) is 0 Å². The number of aliphatic hydroxyl groups is 1. The third kappa shape index (κ3) is 1.63. The molecule has 2 aliphatic rings. The zero-order valence-electron chi connectivity index (χ0n) is 7.42. The Morgan fingerprint density at radius 3 is 2.58 bits per heavy atom. The molecule has 3 N–H and O–H groups in total. The van der Waals surface area contributed by atoms with E-state index < -0.39 is 0 Å². The van der Waals surface area contributed by atoms with Gasteiger partial charge in [0, 0.05) is 19.0 Å². The van der Waals surface area contributed by atoms with E-state index in [1.54, 1.807) is 0 Å². The van der Waals surface area contributed by atoms with Gasteiger partial charge in [-0.2, -0.15) is 0 Å². The summed E-state index contributed by atoms with van der Waals surface area (Å²) < 4.78 is 0. The average molecular weight is 170 g/mol. The molecule has 2 heterocycles. The number of rotatable bonds is 1. The van der Waals surface area contributed by atoms with E-state index in [9.17, 15) is 5.11 Å². The molecule has 2 rings (SSSR count). The van der Waals surface area contributed by atoms with E-state index in [4.69, 9.17) is 0 Å². The molecule has 0 aromatic carbocycles. The molecule has 3 nitrogen and oxygen atoms in total. The Hall–Kier alpha value is -0.120. The van der Waals surface area contributed by atoms with E-state index in [2.05, 4.69) is 10.6 Å². The number of piperidine rings is 1. The predicted octanol–water partition coefficient (Wildman–Crippen LogP) is -0.434. The highest BCUT2D eigenvalue weighted by Crippen LogP contribution is 2.24. The van der Waals surface area contributed by atoms with Crippen molar-refractivity contribution in [3.05, 3.63) is 0 Å². The maximum Gasteiger partial charge on any atom is 0.0707 e. The largest absolute Gasteiger partial charge is 0.391 e. The fraction of sp³-hybridized carbons (Fsp3) is 1.00. The van der Waals surface area contributed by atoms with E-state index in [1.165, 1.54) is 12.8 Å². The van der Waals surface area contributed by atoms with Crippen LogP contribution in [0.15, 0.2) is 0 Å². The first-order chi connectivity index (χ1) is 5.88. The van der Waals surface area contributed by atoms with Gasteiger partial charge in [0.1, 0.15) is 0 Å². The molecule has 70 valence electrons. The van der Waals surface area contributed by atoms with Crippen LogP contribution in [0, 0.1) is 11.8 Å². The van der Waals surface area contributed by atoms with Gasteiger partial charge in [-0.15, -0.1) is 0 Å². The average Bonchev–Trinajstić information content (AvgIpc) is 2.53. The van der Waals surface area contributed by atoms with E-state index in [0.717, 1.165) is 26.2 Å². The minimum absolute atomic E-state index is 0.102. The molecule has 3 atom stereocenters. The third-order valence-electron chi connectivity index (χ3n) is 3.17. The molecule has 3 heteroatoms. The monoisotopic (exact) mass is 170 g/mol. The van der Waals surface area contributed by atoms with Crippen LogP contribution in [0.5, 0.6) is 0 Å². The lowest BCUT2D eigenvalue weighted by atomic mass is 9.84. The van der Waals surface area contributed by atoms with Crippen LogP contribution in [0.3, 0.4) is 0 Å². The van der Waals surface area contributed by atoms with Gasteiger partial charge in [-0.25, -0.2) is 0 Å². The number of nitrogens with one attached hydrogen (secondary N) is 2. The van der Waals surface area contributed by atoms with Gasteiger partial charge in [-0.1, -0.05) is 0 Å². The molecule has 0 bridgehead atoms. The van der Waals surface area contributed by atoms with Crippen LogP contribution in [0.4, 0.5) is 0 Å². The first-order valence-electron chi connectivity index (χ1n) is 4.97. The second-order valence-electron chi connectivity index (χ2n) is 4.00. The van der Waals surface area contributed by atoms with Crippen molar-refractivity contribution in [1.29, 1.82) is 0 Å². The van der Waals surface area contributed by atoms with Gasteiger partial charge >= 0.3 is 0 Å². The molecular weight excluding hydrogens is 152 g/mol. The first kappa shape index (κ1) is 8.48. The van der Waals surface area contributed by atoms with Crippen molar-refractivity contribution >= 4 is 0 Å². The maximum atomic E-state index is 9.65. The topological polar surface area (TPSA) is 44.3 Å². The van der Waals surface area contributed by atoms with Crippen molar-refractivity contribution in [2.75, 3.05) is 26.2 Å². The molecule has 2 fully saturated rings. The summed E-state index contributed by atoms with van der Waals surface area (Å²) in [7, 11) is 0. The highest BCUT2D eigenvalue weighted by Gasteiger charge is 2.32. The van der Waals surface area contributed by atoms with Crippen LogP contribution >= 0.6 is 0 Å². The normalized spacial score (nSPS) is 43.2. The second kappa shape index (κ2) is 3.73.